The van der Waals surface area contributed by atoms with Crippen LogP contribution in [0, 0.1) is 6.92 Å². The van der Waals surface area contributed by atoms with Crippen molar-refractivity contribution >= 4 is 29.0 Å². The first-order valence-electron chi connectivity index (χ1n) is 9.80. The number of benzene rings is 2. The molecule has 6 heteroatoms. The number of urea groups is 1. The molecule has 0 radical (unpaired) electrons. The molecule has 148 valence electrons. The molecule has 0 aliphatic carbocycles. The van der Waals surface area contributed by atoms with Gasteiger partial charge >= 0.3 is 6.03 Å². The van der Waals surface area contributed by atoms with E-state index >= 15 is 0 Å². The zero-order chi connectivity index (χ0) is 20.1. The Kier molecular flexibility index (Phi) is 6.19. The van der Waals surface area contributed by atoms with Gasteiger partial charge in [0.1, 0.15) is 0 Å². The standard InChI is InChI=1S/C22H28N4O2/c1-4-25(5-2)19-11-12-20(16(3)13-19)24-22(28)23-17-14-21(27)26(15-17)18-9-7-6-8-10-18/h6-13,17H,4-5,14-15H2,1-3H3,(H2,23,24,28)/t17-/m1/s1. The maximum atomic E-state index is 12.4. The Morgan fingerprint density at radius 3 is 2.50 bits per heavy atom. The Labute approximate surface area is 166 Å². The smallest absolute Gasteiger partial charge is 0.319 e. The van der Waals surface area contributed by atoms with Crippen molar-refractivity contribution in [3.8, 4) is 0 Å². The lowest BCUT2D eigenvalue weighted by Gasteiger charge is -2.22. The van der Waals surface area contributed by atoms with E-state index in [0.717, 1.165) is 35.7 Å². The summed E-state index contributed by atoms with van der Waals surface area (Å²) in [5.74, 6) is 0.0243. The molecule has 3 amide bonds. The first-order valence-corrected chi connectivity index (χ1v) is 9.80. The molecule has 1 aliphatic rings. The van der Waals surface area contributed by atoms with Gasteiger partial charge in [0.15, 0.2) is 0 Å². The molecule has 0 saturated carbocycles. The number of anilines is 3. The largest absolute Gasteiger partial charge is 0.372 e. The third kappa shape index (κ3) is 4.44. The van der Waals surface area contributed by atoms with E-state index in [1.165, 1.54) is 0 Å². The fraction of sp³-hybridized carbons (Fsp3) is 0.364. The van der Waals surface area contributed by atoms with Gasteiger partial charge in [0.25, 0.3) is 0 Å². The number of carbonyl (C=O) groups is 2. The van der Waals surface area contributed by atoms with Crippen LogP contribution in [0.15, 0.2) is 48.5 Å². The summed E-state index contributed by atoms with van der Waals surface area (Å²) in [6.45, 7) is 8.60. The summed E-state index contributed by atoms with van der Waals surface area (Å²) in [5, 5.41) is 5.83. The van der Waals surface area contributed by atoms with Gasteiger partial charge in [-0.25, -0.2) is 4.79 Å². The maximum Gasteiger partial charge on any atom is 0.319 e. The van der Waals surface area contributed by atoms with Crippen LogP contribution in [0.1, 0.15) is 25.8 Å². The van der Waals surface area contributed by atoms with Gasteiger partial charge in [-0.3, -0.25) is 4.79 Å². The molecule has 2 aromatic rings. The maximum absolute atomic E-state index is 12.4. The minimum Gasteiger partial charge on any atom is -0.372 e. The molecule has 0 spiro atoms. The van der Waals surface area contributed by atoms with Crippen LogP contribution >= 0.6 is 0 Å². The summed E-state index contributed by atoms with van der Waals surface area (Å²) in [5.41, 5.74) is 3.79. The topological polar surface area (TPSA) is 64.7 Å². The number of aryl methyl sites for hydroxylation is 1. The Morgan fingerprint density at radius 1 is 1.14 bits per heavy atom. The van der Waals surface area contributed by atoms with Gasteiger partial charge in [-0.15, -0.1) is 0 Å². The summed E-state index contributed by atoms with van der Waals surface area (Å²) in [6, 6.07) is 15.1. The van der Waals surface area contributed by atoms with Crippen molar-refractivity contribution in [3.05, 3.63) is 54.1 Å². The van der Waals surface area contributed by atoms with Crippen LogP contribution in [0.4, 0.5) is 21.9 Å². The number of amides is 3. The summed E-state index contributed by atoms with van der Waals surface area (Å²) >= 11 is 0. The Hall–Kier alpha value is -3.02. The second-order valence-corrected chi connectivity index (χ2v) is 7.01. The molecule has 1 heterocycles. The minimum atomic E-state index is -0.286. The van der Waals surface area contributed by atoms with Gasteiger partial charge in [0, 0.05) is 43.1 Å². The van der Waals surface area contributed by atoms with Gasteiger partial charge < -0.3 is 20.4 Å². The lowest BCUT2D eigenvalue weighted by Crippen LogP contribution is -2.39. The zero-order valence-electron chi connectivity index (χ0n) is 16.7. The van der Waals surface area contributed by atoms with E-state index in [-0.39, 0.29) is 18.0 Å². The first-order chi connectivity index (χ1) is 13.5. The van der Waals surface area contributed by atoms with Crippen LogP contribution in [-0.2, 0) is 4.79 Å². The Bertz CT molecular complexity index is 834. The van der Waals surface area contributed by atoms with Crippen molar-refractivity contribution in [3.63, 3.8) is 0 Å². The lowest BCUT2D eigenvalue weighted by atomic mass is 10.1. The zero-order valence-corrected chi connectivity index (χ0v) is 16.7. The molecule has 0 unspecified atom stereocenters. The monoisotopic (exact) mass is 380 g/mol. The predicted octanol–water partition coefficient (Wildman–Crippen LogP) is 3.77. The number of nitrogens with one attached hydrogen (secondary N) is 2. The van der Waals surface area contributed by atoms with Crippen LogP contribution in [-0.4, -0.2) is 37.6 Å². The van der Waals surface area contributed by atoms with E-state index in [1.807, 2.05) is 49.4 Å². The lowest BCUT2D eigenvalue weighted by molar-refractivity contribution is -0.117. The quantitative estimate of drug-likeness (QED) is 0.802. The highest BCUT2D eigenvalue weighted by molar-refractivity contribution is 5.97. The van der Waals surface area contributed by atoms with Gasteiger partial charge in [-0.2, -0.15) is 0 Å². The number of nitrogens with zero attached hydrogens (tertiary/aromatic N) is 2. The average Bonchev–Trinajstić information content (AvgIpc) is 3.05. The third-order valence-corrected chi connectivity index (χ3v) is 5.11. The molecule has 0 aromatic heterocycles. The normalized spacial score (nSPS) is 16.2. The molecular formula is C22H28N4O2. The highest BCUT2D eigenvalue weighted by Crippen LogP contribution is 2.23. The van der Waals surface area contributed by atoms with Gasteiger partial charge in [-0.05, 0) is 56.7 Å². The second kappa shape index (κ2) is 8.78. The molecule has 1 atom stereocenters. The van der Waals surface area contributed by atoms with Crippen molar-refractivity contribution in [1.29, 1.82) is 0 Å². The molecular weight excluding hydrogens is 352 g/mol. The number of carbonyl (C=O) groups excluding carboxylic acids is 2. The van der Waals surface area contributed by atoms with Crippen LogP contribution < -0.4 is 20.4 Å². The van der Waals surface area contributed by atoms with Crippen LogP contribution in [0.5, 0.6) is 0 Å². The van der Waals surface area contributed by atoms with Crippen molar-refractivity contribution < 1.29 is 9.59 Å². The van der Waals surface area contributed by atoms with Gasteiger partial charge in [0.2, 0.25) is 5.91 Å². The van der Waals surface area contributed by atoms with Crippen LogP contribution in [0.2, 0.25) is 0 Å². The molecule has 1 fully saturated rings. The molecule has 1 saturated heterocycles. The van der Waals surface area contributed by atoms with Crippen molar-refractivity contribution in [2.24, 2.45) is 0 Å². The van der Waals surface area contributed by atoms with E-state index < -0.39 is 0 Å². The Morgan fingerprint density at radius 2 is 1.86 bits per heavy atom. The third-order valence-electron chi connectivity index (χ3n) is 5.11. The SMILES string of the molecule is CCN(CC)c1ccc(NC(=O)N[C@@H]2CC(=O)N(c3ccccc3)C2)c(C)c1. The average molecular weight is 380 g/mol. The number of para-hydroxylation sites is 1. The minimum absolute atomic E-state index is 0.0243. The number of hydrogen-bond acceptors (Lipinski definition) is 3. The highest BCUT2D eigenvalue weighted by atomic mass is 16.2. The van der Waals surface area contributed by atoms with E-state index in [9.17, 15) is 9.59 Å². The molecule has 28 heavy (non-hydrogen) atoms. The van der Waals surface area contributed by atoms with E-state index in [1.54, 1.807) is 4.90 Å². The summed E-state index contributed by atoms with van der Waals surface area (Å²) in [4.78, 5) is 28.7. The molecule has 0 bridgehead atoms. The summed E-state index contributed by atoms with van der Waals surface area (Å²) < 4.78 is 0. The predicted molar refractivity (Wildman–Crippen MR) is 114 cm³/mol. The molecule has 2 N–H and O–H groups in total. The summed E-state index contributed by atoms with van der Waals surface area (Å²) in [7, 11) is 0. The summed E-state index contributed by atoms with van der Waals surface area (Å²) in [6.07, 6.45) is 0.308. The Balaban J connectivity index is 1.59. The highest BCUT2D eigenvalue weighted by Gasteiger charge is 2.31. The number of rotatable bonds is 6. The van der Waals surface area contributed by atoms with E-state index in [0.29, 0.717) is 13.0 Å². The van der Waals surface area contributed by atoms with Crippen molar-refractivity contribution in [1.82, 2.24) is 5.32 Å². The molecule has 3 rings (SSSR count). The molecule has 6 nitrogen and oxygen atoms in total. The first kappa shape index (κ1) is 19.7. The van der Waals surface area contributed by atoms with Crippen molar-refractivity contribution in [2.75, 3.05) is 34.8 Å². The van der Waals surface area contributed by atoms with Crippen LogP contribution in [0.25, 0.3) is 0 Å². The van der Waals surface area contributed by atoms with E-state index in [2.05, 4.69) is 35.4 Å². The van der Waals surface area contributed by atoms with Crippen LogP contribution in [0.3, 0.4) is 0 Å². The van der Waals surface area contributed by atoms with Gasteiger partial charge in [-0.1, -0.05) is 18.2 Å². The fourth-order valence-corrected chi connectivity index (χ4v) is 3.58. The number of hydrogen-bond donors (Lipinski definition) is 2. The molecule has 1 aliphatic heterocycles. The second-order valence-electron chi connectivity index (χ2n) is 7.01. The van der Waals surface area contributed by atoms with Gasteiger partial charge in [0.05, 0.1) is 6.04 Å². The van der Waals surface area contributed by atoms with E-state index in [4.69, 9.17) is 0 Å². The van der Waals surface area contributed by atoms with Crippen molar-refractivity contribution in [2.45, 2.75) is 33.2 Å². The molecule has 2 aromatic carbocycles. The fourth-order valence-electron chi connectivity index (χ4n) is 3.58.